The van der Waals surface area contributed by atoms with Crippen LogP contribution in [0.5, 0.6) is 0 Å². The molecule has 1 atom stereocenters. The number of hydrogen-bond donors (Lipinski definition) is 1. The van der Waals surface area contributed by atoms with Crippen LogP contribution in [0.3, 0.4) is 0 Å². The van der Waals surface area contributed by atoms with E-state index in [9.17, 15) is 9.18 Å². The highest BCUT2D eigenvalue weighted by Gasteiger charge is 2.09. The molecule has 0 spiro atoms. The number of carbonyl (C=O) groups excluding carboxylic acids is 1. The minimum Gasteiger partial charge on any atom is -0.350 e. The zero-order chi connectivity index (χ0) is 15.9. The summed E-state index contributed by atoms with van der Waals surface area (Å²) in [5, 5.41) is 3.61. The summed E-state index contributed by atoms with van der Waals surface area (Å²) in [5.74, 6) is 0.388. The zero-order valence-electron chi connectivity index (χ0n) is 12.2. The van der Waals surface area contributed by atoms with E-state index in [2.05, 4.69) is 5.32 Å². The zero-order valence-corrected chi connectivity index (χ0v) is 13.8. The van der Waals surface area contributed by atoms with E-state index in [-0.39, 0.29) is 17.8 Å². The molecule has 1 N–H and O–H groups in total. The number of benzene rings is 2. The monoisotopic (exact) mass is 337 g/mol. The Morgan fingerprint density at radius 2 is 2.00 bits per heavy atom. The number of hydrogen-bond acceptors (Lipinski definition) is 2. The third-order valence-corrected chi connectivity index (χ3v) is 4.39. The fraction of sp³-hybridized carbons (Fsp3) is 0.235. The van der Waals surface area contributed by atoms with E-state index < -0.39 is 0 Å². The second kappa shape index (κ2) is 8.20. The Morgan fingerprint density at radius 3 is 2.68 bits per heavy atom. The standard InChI is InChI=1S/C17H17ClFNOS/c1-12(13-3-2-4-14(18)11-13)20-17(21)9-10-22-16-7-5-15(19)6-8-16/h2-8,11-12H,9-10H2,1H3,(H,20,21). The molecule has 22 heavy (non-hydrogen) atoms. The lowest BCUT2D eigenvalue weighted by Gasteiger charge is -2.14. The number of halogens is 2. The molecule has 0 aromatic heterocycles. The molecule has 0 heterocycles. The number of nitrogens with one attached hydrogen (secondary N) is 1. The highest BCUT2D eigenvalue weighted by Crippen LogP contribution is 2.20. The van der Waals surface area contributed by atoms with Crippen LogP contribution in [0.15, 0.2) is 53.4 Å². The quantitative estimate of drug-likeness (QED) is 0.764. The highest BCUT2D eigenvalue weighted by molar-refractivity contribution is 7.99. The van der Waals surface area contributed by atoms with Crippen molar-refractivity contribution in [2.24, 2.45) is 0 Å². The van der Waals surface area contributed by atoms with Crippen LogP contribution in [-0.4, -0.2) is 11.7 Å². The lowest BCUT2D eigenvalue weighted by Crippen LogP contribution is -2.26. The molecular formula is C17H17ClFNOS. The van der Waals surface area contributed by atoms with Crippen molar-refractivity contribution in [3.8, 4) is 0 Å². The molecule has 0 aliphatic rings. The van der Waals surface area contributed by atoms with Gasteiger partial charge in [-0.05, 0) is 48.9 Å². The number of amides is 1. The van der Waals surface area contributed by atoms with Crippen LogP contribution >= 0.6 is 23.4 Å². The largest absolute Gasteiger partial charge is 0.350 e. The van der Waals surface area contributed by atoms with Crippen molar-refractivity contribution in [3.05, 3.63) is 64.9 Å². The van der Waals surface area contributed by atoms with Crippen molar-refractivity contribution < 1.29 is 9.18 Å². The Morgan fingerprint density at radius 1 is 1.27 bits per heavy atom. The van der Waals surface area contributed by atoms with E-state index in [0.29, 0.717) is 17.2 Å². The van der Waals surface area contributed by atoms with Crippen molar-refractivity contribution >= 4 is 29.3 Å². The first-order chi connectivity index (χ1) is 10.5. The van der Waals surface area contributed by atoms with Crippen molar-refractivity contribution in [1.82, 2.24) is 5.32 Å². The van der Waals surface area contributed by atoms with Gasteiger partial charge >= 0.3 is 0 Å². The van der Waals surface area contributed by atoms with Crippen LogP contribution in [0.2, 0.25) is 5.02 Å². The van der Waals surface area contributed by atoms with Crippen molar-refractivity contribution in [1.29, 1.82) is 0 Å². The van der Waals surface area contributed by atoms with Gasteiger partial charge < -0.3 is 5.32 Å². The molecule has 0 aliphatic carbocycles. The molecule has 1 unspecified atom stereocenters. The number of carbonyl (C=O) groups is 1. The van der Waals surface area contributed by atoms with Gasteiger partial charge in [0.1, 0.15) is 5.82 Å². The van der Waals surface area contributed by atoms with Crippen molar-refractivity contribution in [2.75, 3.05) is 5.75 Å². The summed E-state index contributed by atoms with van der Waals surface area (Å²) in [7, 11) is 0. The van der Waals surface area contributed by atoms with Crippen LogP contribution in [0.25, 0.3) is 0 Å². The number of thioether (sulfide) groups is 1. The summed E-state index contributed by atoms with van der Waals surface area (Å²) >= 11 is 7.48. The van der Waals surface area contributed by atoms with E-state index in [1.807, 2.05) is 25.1 Å². The minimum absolute atomic E-state index is 0.0120. The summed E-state index contributed by atoms with van der Waals surface area (Å²) in [5.41, 5.74) is 0.979. The Labute approximate surface area is 139 Å². The molecule has 0 bridgehead atoms. The molecular weight excluding hydrogens is 321 g/mol. The Balaban J connectivity index is 1.76. The number of rotatable bonds is 6. The smallest absolute Gasteiger partial charge is 0.221 e. The van der Waals surface area contributed by atoms with Crippen LogP contribution in [-0.2, 0) is 4.79 Å². The second-order valence-electron chi connectivity index (χ2n) is 4.90. The lowest BCUT2D eigenvalue weighted by molar-refractivity contribution is -0.121. The van der Waals surface area contributed by atoms with Gasteiger partial charge in [-0.15, -0.1) is 11.8 Å². The molecule has 2 aromatic rings. The molecule has 2 aromatic carbocycles. The normalized spacial score (nSPS) is 12.0. The van der Waals surface area contributed by atoms with E-state index in [4.69, 9.17) is 11.6 Å². The summed E-state index contributed by atoms with van der Waals surface area (Å²) in [4.78, 5) is 12.9. The van der Waals surface area contributed by atoms with Crippen molar-refractivity contribution in [2.45, 2.75) is 24.3 Å². The van der Waals surface area contributed by atoms with Gasteiger partial charge in [0, 0.05) is 22.1 Å². The lowest BCUT2D eigenvalue weighted by atomic mass is 10.1. The Bertz CT molecular complexity index is 633. The molecule has 0 aliphatic heterocycles. The van der Waals surface area contributed by atoms with Crippen LogP contribution in [0, 0.1) is 5.82 Å². The van der Waals surface area contributed by atoms with Gasteiger partial charge in [-0.3, -0.25) is 4.79 Å². The summed E-state index contributed by atoms with van der Waals surface area (Å²) < 4.78 is 12.8. The Hall–Kier alpha value is -1.52. The van der Waals surface area contributed by atoms with E-state index in [0.717, 1.165) is 10.5 Å². The summed E-state index contributed by atoms with van der Waals surface area (Å²) in [6.07, 6.45) is 0.410. The average Bonchev–Trinajstić information content (AvgIpc) is 2.49. The van der Waals surface area contributed by atoms with Crippen LogP contribution < -0.4 is 5.32 Å². The second-order valence-corrected chi connectivity index (χ2v) is 6.50. The molecule has 0 saturated heterocycles. The molecule has 5 heteroatoms. The van der Waals surface area contributed by atoms with E-state index in [1.54, 1.807) is 18.2 Å². The van der Waals surface area contributed by atoms with Crippen LogP contribution in [0.1, 0.15) is 24.9 Å². The molecule has 116 valence electrons. The molecule has 0 radical (unpaired) electrons. The third-order valence-electron chi connectivity index (χ3n) is 3.14. The first-order valence-corrected chi connectivity index (χ1v) is 8.34. The first-order valence-electron chi connectivity index (χ1n) is 6.98. The first kappa shape index (κ1) is 16.8. The van der Waals surface area contributed by atoms with Gasteiger partial charge in [-0.2, -0.15) is 0 Å². The van der Waals surface area contributed by atoms with Crippen molar-refractivity contribution in [3.63, 3.8) is 0 Å². The molecule has 2 rings (SSSR count). The fourth-order valence-electron chi connectivity index (χ4n) is 1.97. The van der Waals surface area contributed by atoms with Gasteiger partial charge in [0.15, 0.2) is 0 Å². The van der Waals surface area contributed by atoms with Gasteiger partial charge in [0.2, 0.25) is 5.91 Å². The maximum Gasteiger partial charge on any atom is 0.221 e. The summed E-state index contributed by atoms with van der Waals surface area (Å²) in [6, 6.07) is 13.6. The summed E-state index contributed by atoms with van der Waals surface area (Å²) in [6.45, 7) is 1.93. The van der Waals surface area contributed by atoms with Gasteiger partial charge in [0.25, 0.3) is 0 Å². The average molecular weight is 338 g/mol. The highest BCUT2D eigenvalue weighted by atomic mass is 35.5. The SMILES string of the molecule is CC(NC(=O)CCSc1ccc(F)cc1)c1cccc(Cl)c1. The fourth-order valence-corrected chi connectivity index (χ4v) is 3.02. The topological polar surface area (TPSA) is 29.1 Å². The van der Waals surface area contributed by atoms with E-state index in [1.165, 1.54) is 23.9 Å². The third kappa shape index (κ3) is 5.35. The predicted octanol–water partition coefficient (Wildman–Crippen LogP) is 4.84. The van der Waals surface area contributed by atoms with Gasteiger partial charge in [-0.25, -0.2) is 4.39 Å². The predicted molar refractivity (Wildman–Crippen MR) is 89.8 cm³/mol. The van der Waals surface area contributed by atoms with E-state index >= 15 is 0 Å². The van der Waals surface area contributed by atoms with Gasteiger partial charge in [-0.1, -0.05) is 23.7 Å². The molecule has 1 amide bonds. The maximum absolute atomic E-state index is 12.8. The molecule has 2 nitrogen and oxygen atoms in total. The Kier molecular flexibility index (Phi) is 6.28. The molecule has 0 fully saturated rings. The van der Waals surface area contributed by atoms with Crippen LogP contribution in [0.4, 0.5) is 4.39 Å². The maximum atomic E-state index is 12.8. The minimum atomic E-state index is -0.252. The molecule has 0 saturated carbocycles. The van der Waals surface area contributed by atoms with Gasteiger partial charge in [0.05, 0.1) is 6.04 Å².